The molecule has 0 bridgehead atoms. The van der Waals surface area contributed by atoms with Crippen LogP contribution in [0.3, 0.4) is 0 Å². The molecular formula is C37H30. The molecule has 0 saturated heterocycles. The van der Waals surface area contributed by atoms with Crippen LogP contribution in [0.1, 0.15) is 37.8 Å². The average molecular weight is 475 g/mol. The maximum Gasteiger partial charge on any atom is 0.0210 e. The number of fused-ring (bicyclic) bond motifs is 5. The molecule has 0 fully saturated rings. The van der Waals surface area contributed by atoms with Gasteiger partial charge in [-0.2, -0.15) is 0 Å². The van der Waals surface area contributed by atoms with E-state index in [9.17, 15) is 0 Å². The quantitative estimate of drug-likeness (QED) is 0.238. The third kappa shape index (κ3) is 3.36. The first kappa shape index (κ1) is 22.1. The zero-order chi connectivity index (χ0) is 25.0. The van der Waals surface area contributed by atoms with E-state index in [4.69, 9.17) is 0 Å². The van der Waals surface area contributed by atoms with Gasteiger partial charge in [0.05, 0.1) is 0 Å². The second-order valence-corrected chi connectivity index (χ2v) is 10.4. The van der Waals surface area contributed by atoms with Gasteiger partial charge in [0.1, 0.15) is 0 Å². The van der Waals surface area contributed by atoms with E-state index in [1.165, 1.54) is 66.1 Å². The second-order valence-electron chi connectivity index (χ2n) is 10.4. The molecule has 0 radical (unpaired) electrons. The highest BCUT2D eigenvalue weighted by molar-refractivity contribution is 5.93. The third-order valence-electron chi connectivity index (χ3n) is 8.73. The summed E-state index contributed by atoms with van der Waals surface area (Å²) in [6.45, 7) is 4.68. The Hall–Kier alpha value is -4.16. The van der Waals surface area contributed by atoms with E-state index in [2.05, 4.69) is 135 Å². The first-order valence-electron chi connectivity index (χ1n) is 13.5. The van der Waals surface area contributed by atoms with Crippen molar-refractivity contribution in [1.82, 2.24) is 0 Å². The van der Waals surface area contributed by atoms with Crippen molar-refractivity contribution in [1.29, 1.82) is 0 Å². The highest BCUT2D eigenvalue weighted by atomic mass is 14.4. The Morgan fingerprint density at radius 3 is 1.51 bits per heavy atom. The lowest BCUT2D eigenvalue weighted by atomic mass is 9.73. The van der Waals surface area contributed by atoms with Gasteiger partial charge in [-0.1, -0.05) is 111 Å². The first-order valence-corrected chi connectivity index (χ1v) is 13.5. The van der Waals surface area contributed by atoms with Gasteiger partial charge in [-0.3, -0.25) is 0 Å². The van der Waals surface area contributed by atoms with Crippen LogP contribution < -0.4 is 0 Å². The number of hydrogen-bond acceptors (Lipinski definition) is 0. The SMILES string of the molecule is CCC1(CC)c2ccccc2-c2ccc(-c3ccc4cc(-c5ccc6ccccc6c5)ccc4c3)cc21. The molecule has 0 nitrogen and oxygen atoms in total. The van der Waals surface area contributed by atoms with Gasteiger partial charge in [0.25, 0.3) is 0 Å². The standard InChI is InChI=1S/C37H30/c1-3-37(4-2)35-12-8-7-11-33(35)34-20-19-32(24-36(34)37)31-18-17-29-22-28(15-16-30(29)23-31)27-14-13-25-9-5-6-10-26(25)21-27/h5-24H,3-4H2,1-2H3. The Labute approximate surface area is 219 Å². The van der Waals surface area contributed by atoms with Gasteiger partial charge < -0.3 is 0 Å². The van der Waals surface area contributed by atoms with E-state index in [1.54, 1.807) is 0 Å². The second kappa shape index (κ2) is 8.46. The summed E-state index contributed by atoms with van der Waals surface area (Å²) in [5.41, 5.74) is 11.0. The van der Waals surface area contributed by atoms with Crippen LogP contribution in [-0.2, 0) is 5.41 Å². The predicted molar refractivity (Wildman–Crippen MR) is 159 cm³/mol. The summed E-state index contributed by atoms with van der Waals surface area (Å²) in [6, 6.07) is 45.2. The molecule has 178 valence electrons. The van der Waals surface area contributed by atoms with Gasteiger partial charge >= 0.3 is 0 Å². The molecule has 0 saturated carbocycles. The van der Waals surface area contributed by atoms with Crippen molar-refractivity contribution < 1.29 is 0 Å². The van der Waals surface area contributed by atoms with Crippen molar-refractivity contribution >= 4 is 21.5 Å². The molecule has 0 aliphatic heterocycles. The Morgan fingerprint density at radius 1 is 0.405 bits per heavy atom. The Morgan fingerprint density at radius 2 is 0.865 bits per heavy atom. The Balaban J connectivity index is 1.29. The van der Waals surface area contributed by atoms with Gasteiger partial charge in [-0.15, -0.1) is 0 Å². The maximum absolute atomic E-state index is 2.47. The van der Waals surface area contributed by atoms with Crippen LogP contribution in [0.25, 0.3) is 54.9 Å². The number of rotatable bonds is 4. The molecule has 0 heterocycles. The molecule has 1 aliphatic rings. The smallest absolute Gasteiger partial charge is 0.0210 e. The van der Waals surface area contributed by atoms with E-state index < -0.39 is 0 Å². The van der Waals surface area contributed by atoms with E-state index in [0.717, 1.165) is 12.8 Å². The van der Waals surface area contributed by atoms with Crippen LogP contribution in [0.15, 0.2) is 121 Å². The van der Waals surface area contributed by atoms with Crippen molar-refractivity contribution in [2.75, 3.05) is 0 Å². The summed E-state index contributed by atoms with van der Waals surface area (Å²) in [4.78, 5) is 0. The van der Waals surface area contributed by atoms with E-state index in [0.29, 0.717) is 0 Å². The molecule has 0 heteroatoms. The summed E-state index contributed by atoms with van der Waals surface area (Å²) >= 11 is 0. The highest BCUT2D eigenvalue weighted by Gasteiger charge is 2.40. The van der Waals surface area contributed by atoms with Gasteiger partial charge in [-0.25, -0.2) is 0 Å². The lowest BCUT2D eigenvalue weighted by Gasteiger charge is -2.30. The molecule has 0 amide bonds. The summed E-state index contributed by atoms with van der Waals surface area (Å²) < 4.78 is 0. The molecule has 6 aromatic carbocycles. The van der Waals surface area contributed by atoms with Crippen molar-refractivity contribution in [3.8, 4) is 33.4 Å². The fraction of sp³-hybridized carbons (Fsp3) is 0.135. The van der Waals surface area contributed by atoms with Crippen molar-refractivity contribution in [2.24, 2.45) is 0 Å². The predicted octanol–water partition coefficient (Wildman–Crippen LogP) is 10.4. The molecule has 0 unspecified atom stereocenters. The zero-order valence-corrected chi connectivity index (χ0v) is 21.5. The molecule has 37 heavy (non-hydrogen) atoms. The molecular weight excluding hydrogens is 444 g/mol. The molecule has 1 aliphatic carbocycles. The average Bonchev–Trinajstić information content (AvgIpc) is 3.25. The fourth-order valence-corrected chi connectivity index (χ4v) is 6.62. The highest BCUT2D eigenvalue weighted by Crippen LogP contribution is 2.53. The molecule has 0 N–H and O–H groups in total. The number of benzene rings is 6. The zero-order valence-electron chi connectivity index (χ0n) is 21.5. The molecule has 0 aromatic heterocycles. The normalized spacial score (nSPS) is 13.6. The van der Waals surface area contributed by atoms with Crippen molar-refractivity contribution in [3.63, 3.8) is 0 Å². The summed E-state index contributed by atoms with van der Waals surface area (Å²) in [6.07, 6.45) is 2.23. The van der Waals surface area contributed by atoms with E-state index in [-0.39, 0.29) is 5.41 Å². The number of hydrogen-bond donors (Lipinski definition) is 0. The molecule has 0 spiro atoms. The minimum Gasteiger partial charge on any atom is -0.0642 e. The van der Waals surface area contributed by atoms with Crippen LogP contribution in [0, 0.1) is 0 Å². The van der Waals surface area contributed by atoms with E-state index >= 15 is 0 Å². The summed E-state index contributed by atoms with van der Waals surface area (Å²) in [5.74, 6) is 0. The molecule has 7 rings (SSSR count). The van der Waals surface area contributed by atoms with Gasteiger partial charge in [0.15, 0.2) is 0 Å². The Kier molecular flexibility index (Phi) is 5.04. The van der Waals surface area contributed by atoms with Crippen LogP contribution in [0.5, 0.6) is 0 Å². The molecule has 0 atom stereocenters. The van der Waals surface area contributed by atoms with Crippen LogP contribution in [-0.4, -0.2) is 0 Å². The minimum atomic E-state index is 0.105. The topological polar surface area (TPSA) is 0 Å². The van der Waals surface area contributed by atoms with Crippen molar-refractivity contribution in [3.05, 3.63) is 132 Å². The lowest BCUT2D eigenvalue weighted by Crippen LogP contribution is -2.23. The van der Waals surface area contributed by atoms with Crippen LogP contribution in [0.2, 0.25) is 0 Å². The lowest BCUT2D eigenvalue weighted by molar-refractivity contribution is 0.490. The first-order chi connectivity index (χ1) is 18.2. The molecule has 6 aromatic rings. The summed E-state index contributed by atoms with van der Waals surface area (Å²) in [5, 5.41) is 5.12. The minimum absolute atomic E-state index is 0.105. The fourth-order valence-electron chi connectivity index (χ4n) is 6.62. The Bertz CT molecular complexity index is 1800. The summed E-state index contributed by atoms with van der Waals surface area (Å²) in [7, 11) is 0. The van der Waals surface area contributed by atoms with Gasteiger partial charge in [-0.05, 0) is 103 Å². The third-order valence-corrected chi connectivity index (χ3v) is 8.73. The maximum atomic E-state index is 2.47. The van der Waals surface area contributed by atoms with Crippen molar-refractivity contribution in [2.45, 2.75) is 32.1 Å². The van der Waals surface area contributed by atoms with E-state index in [1.807, 2.05) is 0 Å². The van der Waals surface area contributed by atoms with Gasteiger partial charge in [0.2, 0.25) is 0 Å². The largest absolute Gasteiger partial charge is 0.0642 e. The van der Waals surface area contributed by atoms with Crippen LogP contribution in [0.4, 0.5) is 0 Å². The monoisotopic (exact) mass is 474 g/mol. The van der Waals surface area contributed by atoms with Gasteiger partial charge in [0, 0.05) is 5.41 Å². The van der Waals surface area contributed by atoms with Crippen LogP contribution >= 0.6 is 0 Å².